The van der Waals surface area contributed by atoms with Crippen LogP contribution in [-0.4, -0.2) is 7.05 Å². The normalized spacial score (nSPS) is 12.4. The Hall–Kier alpha value is -1.09. The molecule has 106 valence electrons. The van der Waals surface area contributed by atoms with E-state index in [2.05, 4.69) is 5.32 Å². The molecule has 1 atom stereocenters. The van der Waals surface area contributed by atoms with Crippen LogP contribution in [0, 0.1) is 12.7 Å². The maximum absolute atomic E-state index is 13.5. The van der Waals surface area contributed by atoms with E-state index in [1.165, 1.54) is 6.07 Å². The van der Waals surface area contributed by atoms with E-state index in [9.17, 15) is 4.39 Å². The Morgan fingerprint density at radius 1 is 1.20 bits per heavy atom. The van der Waals surface area contributed by atoms with Gasteiger partial charge in [-0.15, -0.1) is 0 Å². The van der Waals surface area contributed by atoms with E-state index in [4.69, 9.17) is 23.2 Å². The topological polar surface area (TPSA) is 12.0 Å². The highest BCUT2D eigenvalue weighted by Crippen LogP contribution is 2.27. The van der Waals surface area contributed by atoms with Crippen LogP contribution in [0.25, 0.3) is 0 Å². The summed E-state index contributed by atoms with van der Waals surface area (Å²) in [7, 11) is 1.88. The van der Waals surface area contributed by atoms with Gasteiger partial charge in [0.1, 0.15) is 5.82 Å². The summed E-state index contributed by atoms with van der Waals surface area (Å²) in [5.41, 5.74) is 2.92. The molecule has 2 rings (SSSR count). The number of halogens is 3. The maximum Gasteiger partial charge on any atom is 0.142 e. The average molecular weight is 312 g/mol. The van der Waals surface area contributed by atoms with Crippen molar-refractivity contribution in [3.63, 3.8) is 0 Å². The fourth-order valence-electron chi connectivity index (χ4n) is 2.20. The zero-order chi connectivity index (χ0) is 14.7. The SMILES string of the molecule is CNC(Cc1cccc(F)c1Cl)c1ccc(Cl)c(C)c1. The van der Waals surface area contributed by atoms with Crippen LogP contribution in [0.1, 0.15) is 22.7 Å². The Balaban J connectivity index is 2.28. The van der Waals surface area contributed by atoms with Crippen molar-refractivity contribution in [1.29, 1.82) is 0 Å². The molecule has 0 aromatic heterocycles. The minimum Gasteiger partial charge on any atom is -0.313 e. The summed E-state index contributed by atoms with van der Waals surface area (Å²) in [6, 6.07) is 10.8. The number of nitrogens with one attached hydrogen (secondary N) is 1. The molecule has 0 amide bonds. The van der Waals surface area contributed by atoms with Crippen molar-refractivity contribution in [3.8, 4) is 0 Å². The van der Waals surface area contributed by atoms with E-state index >= 15 is 0 Å². The number of likely N-dealkylation sites (N-methyl/N-ethyl adjacent to an activating group) is 1. The fourth-order valence-corrected chi connectivity index (χ4v) is 2.52. The van der Waals surface area contributed by atoms with Crippen LogP contribution in [0.2, 0.25) is 10.0 Å². The highest BCUT2D eigenvalue weighted by Gasteiger charge is 2.14. The predicted molar refractivity (Wildman–Crippen MR) is 83.1 cm³/mol. The number of rotatable bonds is 4. The number of hydrogen-bond donors (Lipinski definition) is 1. The monoisotopic (exact) mass is 311 g/mol. The van der Waals surface area contributed by atoms with Crippen molar-refractivity contribution < 1.29 is 4.39 Å². The Labute approximate surface area is 128 Å². The molecule has 0 aliphatic rings. The Kier molecular flexibility index (Phi) is 5.03. The molecule has 0 radical (unpaired) electrons. The van der Waals surface area contributed by atoms with Crippen LogP contribution < -0.4 is 5.32 Å². The van der Waals surface area contributed by atoms with Crippen molar-refractivity contribution in [2.45, 2.75) is 19.4 Å². The summed E-state index contributed by atoms with van der Waals surface area (Å²) in [5, 5.41) is 4.17. The standard InChI is InChI=1S/C16H16Cl2FN/c1-10-8-11(6-7-13(10)17)15(20-2)9-12-4-3-5-14(19)16(12)18/h3-8,15,20H,9H2,1-2H3. The molecule has 1 N–H and O–H groups in total. The minimum absolute atomic E-state index is 0.0604. The summed E-state index contributed by atoms with van der Waals surface area (Å²) < 4.78 is 13.5. The van der Waals surface area contributed by atoms with Crippen LogP contribution >= 0.6 is 23.2 Å². The zero-order valence-corrected chi connectivity index (χ0v) is 12.9. The molecule has 1 unspecified atom stereocenters. The molecule has 0 aliphatic carbocycles. The van der Waals surface area contributed by atoms with E-state index < -0.39 is 0 Å². The van der Waals surface area contributed by atoms with E-state index in [0.717, 1.165) is 21.7 Å². The van der Waals surface area contributed by atoms with Gasteiger partial charge in [0.25, 0.3) is 0 Å². The van der Waals surface area contributed by atoms with Crippen molar-refractivity contribution >= 4 is 23.2 Å². The Morgan fingerprint density at radius 3 is 2.60 bits per heavy atom. The molecule has 0 saturated carbocycles. The molecule has 0 fully saturated rings. The van der Waals surface area contributed by atoms with Crippen LogP contribution in [-0.2, 0) is 6.42 Å². The second kappa shape index (κ2) is 6.57. The van der Waals surface area contributed by atoms with Gasteiger partial charge in [-0.25, -0.2) is 4.39 Å². The molecular weight excluding hydrogens is 296 g/mol. The Morgan fingerprint density at radius 2 is 1.95 bits per heavy atom. The Bertz CT molecular complexity index is 613. The lowest BCUT2D eigenvalue weighted by atomic mass is 9.97. The fraction of sp³-hybridized carbons (Fsp3) is 0.250. The van der Waals surface area contributed by atoms with Gasteiger partial charge in [-0.05, 0) is 49.2 Å². The van der Waals surface area contributed by atoms with Gasteiger partial charge in [0.05, 0.1) is 5.02 Å². The first kappa shape index (κ1) is 15.3. The predicted octanol–water partition coefficient (Wildman–Crippen LogP) is 4.94. The van der Waals surface area contributed by atoms with E-state index in [1.54, 1.807) is 6.07 Å². The minimum atomic E-state index is -0.383. The van der Waals surface area contributed by atoms with Gasteiger partial charge in [0.2, 0.25) is 0 Å². The van der Waals surface area contributed by atoms with Crippen molar-refractivity contribution in [3.05, 3.63) is 69.0 Å². The summed E-state index contributed by atoms with van der Waals surface area (Å²) in [6.45, 7) is 1.97. The van der Waals surface area contributed by atoms with E-state index in [0.29, 0.717) is 6.42 Å². The second-order valence-corrected chi connectivity index (χ2v) is 5.55. The van der Waals surface area contributed by atoms with E-state index in [1.807, 2.05) is 38.2 Å². The molecule has 1 nitrogen and oxygen atoms in total. The lowest BCUT2D eigenvalue weighted by Gasteiger charge is -2.18. The quantitative estimate of drug-likeness (QED) is 0.843. The van der Waals surface area contributed by atoms with Gasteiger partial charge in [-0.2, -0.15) is 0 Å². The lowest BCUT2D eigenvalue weighted by Crippen LogP contribution is -2.19. The molecule has 0 spiro atoms. The molecule has 2 aromatic rings. The summed E-state index contributed by atoms with van der Waals surface area (Å²) >= 11 is 12.1. The highest BCUT2D eigenvalue weighted by atomic mass is 35.5. The average Bonchev–Trinajstić information content (AvgIpc) is 2.44. The second-order valence-electron chi connectivity index (χ2n) is 4.77. The molecule has 0 saturated heterocycles. The van der Waals surface area contributed by atoms with Crippen LogP contribution in [0.5, 0.6) is 0 Å². The molecule has 0 aliphatic heterocycles. The summed E-state index contributed by atoms with van der Waals surface area (Å²) in [4.78, 5) is 0. The molecule has 0 bridgehead atoms. The van der Waals surface area contributed by atoms with E-state index in [-0.39, 0.29) is 16.9 Å². The molecule has 2 aromatic carbocycles. The first-order chi connectivity index (χ1) is 9.52. The van der Waals surface area contributed by atoms with Crippen LogP contribution in [0.15, 0.2) is 36.4 Å². The smallest absolute Gasteiger partial charge is 0.142 e. The van der Waals surface area contributed by atoms with Crippen LogP contribution in [0.3, 0.4) is 0 Å². The van der Waals surface area contributed by atoms with Gasteiger partial charge in [0, 0.05) is 11.1 Å². The van der Waals surface area contributed by atoms with Crippen molar-refractivity contribution in [2.75, 3.05) is 7.05 Å². The largest absolute Gasteiger partial charge is 0.313 e. The van der Waals surface area contributed by atoms with Crippen molar-refractivity contribution in [1.82, 2.24) is 5.32 Å². The molecule has 0 heterocycles. The highest BCUT2D eigenvalue weighted by molar-refractivity contribution is 6.31. The number of aryl methyl sites for hydroxylation is 1. The first-order valence-corrected chi connectivity index (χ1v) is 7.14. The molecule has 20 heavy (non-hydrogen) atoms. The lowest BCUT2D eigenvalue weighted by molar-refractivity contribution is 0.584. The van der Waals surface area contributed by atoms with Crippen LogP contribution in [0.4, 0.5) is 4.39 Å². The maximum atomic E-state index is 13.5. The third-order valence-corrected chi connectivity index (χ3v) is 4.24. The third-order valence-electron chi connectivity index (χ3n) is 3.39. The van der Waals surface area contributed by atoms with Gasteiger partial charge < -0.3 is 5.32 Å². The summed E-state index contributed by atoms with van der Waals surface area (Å²) in [5.74, 6) is -0.383. The number of hydrogen-bond acceptors (Lipinski definition) is 1. The van der Waals surface area contributed by atoms with Gasteiger partial charge in [0.15, 0.2) is 0 Å². The van der Waals surface area contributed by atoms with Gasteiger partial charge in [-0.3, -0.25) is 0 Å². The van der Waals surface area contributed by atoms with Gasteiger partial charge in [-0.1, -0.05) is 47.5 Å². The first-order valence-electron chi connectivity index (χ1n) is 6.39. The van der Waals surface area contributed by atoms with Gasteiger partial charge >= 0.3 is 0 Å². The third kappa shape index (κ3) is 3.32. The molecule has 4 heteroatoms. The molecular formula is C16H16Cl2FN. The zero-order valence-electron chi connectivity index (χ0n) is 11.4. The number of benzene rings is 2. The summed E-state index contributed by atoms with van der Waals surface area (Å²) in [6.07, 6.45) is 0.619. The van der Waals surface area contributed by atoms with Crippen molar-refractivity contribution in [2.24, 2.45) is 0 Å².